The summed E-state index contributed by atoms with van der Waals surface area (Å²) in [6, 6.07) is 15.2. The van der Waals surface area contributed by atoms with Gasteiger partial charge in [0.15, 0.2) is 0 Å². The highest BCUT2D eigenvalue weighted by Gasteiger charge is 2.11. The third kappa shape index (κ3) is 6.30. The van der Waals surface area contributed by atoms with Gasteiger partial charge in [-0.3, -0.25) is 4.79 Å². The van der Waals surface area contributed by atoms with E-state index < -0.39 is 6.04 Å². The number of nitrogens with zero attached hydrogens (tertiary/aromatic N) is 2. The van der Waals surface area contributed by atoms with Gasteiger partial charge in [-0.25, -0.2) is 5.43 Å². The number of amides is 1. The number of hydrazone groups is 1. The van der Waals surface area contributed by atoms with Gasteiger partial charge in [0.05, 0.1) is 12.8 Å². The Morgan fingerprint density at radius 2 is 1.71 bits per heavy atom. The van der Waals surface area contributed by atoms with Gasteiger partial charge in [-0.15, -0.1) is 0 Å². The van der Waals surface area contributed by atoms with E-state index in [0.717, 1.165) is 30.1 Å². The van der Waals surface area contributed by atoms with Gasteiger partial charge in [0, 0.05) is 24.5 Å². The van der Waals surface area contributed by atoms with Crippen LogP contribution in [0.2, 0.25) is 0 Å². The molecule has 0 spiro atoms. The first kappa shape index (κ1) is 21.3. The highest BCUT2D eigenvalue weighted by molar-refractivity contribution is 5.86. The second-order valence-corrected chi connectivity index (χ2v) is 6.32. The van der Waals surface area contributed by atoms with E-state index >= 15 is 0 Å². The monoisotopic (exact) mass is 382 g/mol. The van der Waals surface area contributed by atoms with Crippen LogP contribution < -0.4 is 20.4 Å². The summed E-state index contributed by atoms with van der Waals surface area (Å²) in [6.45, 7) is 10.6. The average Bonchev–Trinajstić information content (AvgIpc) is 2.71. The second kappa shape index (κ2) is 11.0. The smallest absolute Gasteiger partial charge is 0.262 e. The van der Waals surface area contributed by atoms with E-state index in [2.05, 4.69) is 46.7 Å². The summed E-state index contributed by atoms with van der Waals surface area (Å²) in [6.07, 6.45) is 1.65. The first-order chi connectivity index (χ1) is 13.6. The first-order valence-electron chi connectivity index (χ1n) is 9.74. The van der Waals surface area contributed by atoms with E-state index in [1.807, 2.05) is 43.3 Å². The van der Waals surface area contributed by atoms with Crippen molar-refractivity contribution in [1.29, 1.82) is 0 Å². The minimum atomic E-state index is -0.417. The maximum atomic E-state index is 12.2. The molecule has 0 bridgehead atoms. The van der Waals surface area contributed by atoms with Crippen LogP contribution in [-0.2, 0) is 4.79 Å². The zero-order valence-electron chi connectivity index (χ0n) is 17.1. The molecule has 0 saturated carbocycles. The maximum Gasteiger partial charge on any atom is 0.262 e. The molecule has 6 heteroatoms. The van der Waals surface area contributed by atoms with Gasteiger partial charge in [0.25, 0.3) is 5.91 Å². The number of rotatable bonds is 10. The highest BCUT2D eigenvalue weighted by Crippen LogP contribution is 2.16. The van der Waals surface area contributed by atoms with Crippen molar-refractivity contribution < 1.29 is 9.53 Å². The predicted molar refractivity (Wildman–Crippen MR) is 116 cm³/mol. The summed E-state index contributed by atoms with van der Waals surface area (Å²) in [7, 11) is 0. The minimum absolute atomic E-state index is 0.204. The summed E-state index contributed by atoms with van der Waals surface area (Å²) in [4.78, 5) is 14.5. The fourth-order valence-corrected chi connectivity index (χ4v) is 2.76. The third-order valence-corrected chi connectivity index (χ3v) is 4.35. The topological polar surface area (TPSA) is 66.0 Å². The first-order valence-corrected chi connectivity index (χ1v) is 9.74. The molecule has 0 aliphatic carbocycles. The molecule has 1 amide bonds. The number of carbonyl (C=O) groups excluding carboxylic acids is 1. The van der Waals surface area contributed by atoms with Crippen LogP contribution in [0, 0.1) is 0 Å². The Balaban J connectivity index is 1.84. The van der Waals surface area contributed by atoms with Gasteiger partial charge in [-0.05, 0) is 69.7 Å². The summed E-state index contributed by atoms with van der Waals surface area (Å²) in [5.74, 6) is 0.603. The van der Waals surface area contributed by atoms with Crippen LogP contribution in [0.15, 0.2) is 53.6 Å². The molecule has 0 fully saturated rings. The number of carbonyl (C=O) groups is 1. The lowest BCUT2D eigenvalue weighted by Gasteiger charge is -2.20. The number of anilines is 2. The van der Waals surface area contributed by atoms with Crippen molar-refractivity contribution in [3.8, 4) is 5.75 Å². The molecule has 0 saturated heterocycles. The van der Waals surface area contributed by atoms with Gasteiger partial charge >= 0.3 is 0 Å². The molecule has 2 aromatic rings. The molecule has 0 unspecified atom stereocenters. The van der Waals surface area contributed by atoms with Crippen LogP contribution in [0.25, 0.3) is 0 Å². The summed E-state index contributed by atoms with van der Waals surface area (Å²) in [5, 5.41) is 7.20. The van der Waals surface area contributed by atoms with Gasteiger partial charge in [-0.2, -0.15) is 5.10 Å². The lowest BCUT2D eigenvalue weighted by molar-refractivity contribution is -0.121. The van der Waals surface area contributed by atoms with E-state index in [-0.39, 0.29) is 5.91 Å². The normalized spacial score (nSPS) is 11.9. The Hall–Kier alpha value is -3.02. The number of ether oxygens (including phenoxy) is 1. The number of hydrogen-bond acceptors (Lipinski definition) is 5. The molecule has 0 radical (unpaired) electrons. The summed E-state index contributed by atoms with van der Waals surface area (Å²) in [5.41, 5.74) is 5.54. The van der Waals surface area contributed by atoms with Crippen molar-refractivity contribution in [1.82, 2.24) is 5.43 Å². The third-order valence-electron chi connectivity index (χ3n) is 4.35. The predicted octanol–water partition coefficient (Wildman–Crippen LogP) is 3.88. The van der Waals surface area contributed by atoms with Crippen molar-refractivity contribution in [3.63, 3.8) is 0 Å². The van der Waals surface area contributed by atoms with E-state index in [4.69, 9.17) is 4.74 Å². The molecule has 28 heavy (non-hydrogen) atoms. The highest BCUT2D eigenvalue weighted by atomic mass is 16.5. The molecule has 0 aliphatic rings. The number of hydrogen-bond donors (Lipinski definition) is 2. The van der Waals surface area contributed by atoms with Crippen molar-refractivity contribution >= 4 is 23.5 Å². The van der Waals surface area contributed by atoms with E-state index in [1.54, 1.807) is 13.1 Å². The zero-order chi connectivity index (χ0) is 20.4. The second-order valence-electron chi connectivity index (χ2n) is 6.32. The standard InChI is InChI=1S/C22H30N4O2/c1-5-26(6-2)20-12-8-18(9-13-20)16-23-25-22(27)17(4)24-19-10-14-21(15-11-19)28-7-3/h8-17,24H,5-7H2,1-4H3,(H,25,27)/b23-16-/t17-/m0/s1. The number of benzene rings is 2. The minimum Gasteiger partial charge on any atom is -0.494 e. The fraction of sp³-hybridized carbons (Fsp3) is 0.364. The molecule has 2 aromatic carbocycles. The van der Waals surface area contributed by atoms with Crippen molar-refractivity contribution in [3.05, 3.63) is 54.1 Å². The molecule has 0 aliphatic heterocycles. The molecule has 1 atom stereocenters. The Kier molecular flexibility index (Phi) is 8.34. The van der Waals surface area contributed by atoms with E-state index in [1.165, 1.54) is 5.69 Å². The Labute approximate surface area is 167 Å². The lowest BCUT2D eigenvalue weighted by atomic mass is 10.2. The van der Waals surface area contributed by atoms with Crippen LogP contribution >= 0.6 is 0 Å². The quantitative estimate of drug-likeness (QED) is 0.483. The molecular formula is C22H30N4O2. The fourth-order valence-electron chi connectivity index (χ4n) is 2.76. The van der Waals surface area contributed by atoms with E-state index in [0.29, 0.717) is 6.61 Å². The molecule has 0 aromatic heterocycles. The maximum absolute atomic E-state index is 12.2. The largest absolute Gasteiger partial charge is 0.494 e. The molecule has 0 heterocycles. The van der Waals surface area contributed by atoms with Crippen LogP contribution in [0.4, 0.5) is 11.4 Å². The van der Waals surface area contributed by atoms with E-state index in [9.17, 15) is 4.79 Å². The van der Waals surface area contributed by atoms with Gasteiger partial charge in [0.2, 0.25) is 0 Å². The van der Waals surface area contributed by atoms with Crippen LogP contribution in [0.3, 0.4) is 0 Å². The lowest BCUT2D eigenvalue weighted by Crippen LogP contribution is -2.34. The Morgan fingerprint density at radius 1 is 1.07 bits per heavy atom. The Morgan fingerprint density at radius 3 is 2.29 bits per heavy atom. The van der Waals surface area contributed by atoms with Gasteiger partial charge in [0.1, 0.15) is 11.8 Å². The number of nitrogens with one attached hydrogen (secondary N) is 2. The van der Waals surface area contributed by atoms with Crippen LogP contribution in [-0.4, -0.2) is 37.9 Å². The molecular weight excluding hydrogens is 352 g/mol. The molecule has 6 nitrogen and oxygen atoms in total. The van der Waals surface area contributed by atoms with Crippen LogP contribution in [0.1, 0.15) is 33.3 Å². The molecule has 2 rings (SSSR count). The zero-order valence-corrected chi connectivity index (χ0v) is 17.1. The van der Waals surface area contributed by atoms with Crippen molar-refractivity contribution in [2.24, 2.45) is 5.10 Å². The Bertz CT molecular complexity index is 753. The average molecular weight is 383 g/mol. The SMILES string of the molecule is CCOc1ccc(N[C@@H](C)C(=O)N/N=C\c2ccc(N(CC)CC)cc2)cc1. The summed E-state index contributed by atoms with van der Waals surface area (Å²) >= 11 is 0. The summed E-state index contributed by atoms with van der Waals surface area (Å²) < 4.78 is 5.41. The van der Waals surface area contributed by atoms with Crippen molar-refractivity contribution in [2.75, 3.05) is 29.9 Å². The molecule has 2 N–H and O–H groups in total. The van der Waals surface area contributed by atoms with Crippen molar-refractivity contribution in [2.45, 2.75) is 33.7 Å². The van der Waals surface area contributed by atoms with Crippen LogP contribution in [0.5, 0.6) is 5.75 Å². The van der Waals surface area contributed by atoms with Gasteiger partial charge < -0.3 is 15.0 Å². The van der Waals surface area contributed by atoms with Gasteiger partial charge in [-0.1, -0.05) is 12.1 Å². The molecule has 150 valence electrons.